The van der Waals surface area contributed by atoms with Crippen LogP contribution < -0.4 is 20.7 Å². The highest BCUT2D eigenvalue weighted by atomic mass is 127. The molecule has 0 radical (unpaired) electrons. The lowest BCUT2D eigenvalue weighted by molar-refractivity contribution is -0.114. The standard InChI is InChI=1S/C19H24N4O3.HI/c1-2-20-19(21-12-13-26-17-6-4-3-5-7-17)22-14-18(25)23-15-8-10-16(24)11-9-15;/h3-11,24H,2,12-14H2,1H3,(H,23,25)(H2,20,21,22);1H. The fraction of sp³-hybridized carbons (Fsp3) is 0.263. The Morgan fingerprint density at radius 3 is 2.44 bits per heavy atom. The largest absolute Gasteiger partial charge is 0.508 e. The molecule has 4 N–H and O–H groups in total. The number of hydrogen-bond acceptors (Lipinski definition) is 4. The number of hydrogen-bond donors (Lipinski definition) is 4. The Bertz CT molecular complexity index is 709. The number of carbonyl (C=O) groups excluding carboxylic acids is 1. The van der Waals surface area contributed by atoms with E-state index in [2.05, 4.69) is 20.9 Å². The zero-order valence-corrected chi connectivity index (χ0v) is 17.5. The number of aromatic hydroxyl groups is 1. The van der Waals surface area contributed by atoms with Gasteiger partial charge in [0.25, 0.3) is 0 Å². The van der Waals surface area contributed by atoms with Crippen LogP contribution in [0.15, 0.2) is 59.6 Å². The zero-order valence-electron chi connectivity index (χ0n) is 15.1. The number of phenolic OH excluding ortho intramolecular Hbond substituents is 1. The summed E-state index contributed by atoms with van der Waals surface area (Å²) in [5.74, 6) is 1.26. The summed E-state index contributed by atoms with van der Waals surface area (Å²) in [6.45, 7) is 3.66. The summed E-state index contributed by atoms with van der Waals surface area (Å²) in [5.41, 5.74) is 0.609. The van der Waals surface area contributed by atoms with E-state index < -0.39 is 0 Å². The van der Waals surface area contributed by atoms with Gasteiger partial charge < -0.3 is 25.8 Å². The molecule has 1 amide bonds. The van der Waals surface area contributed by atoms with Gasteiger partial charge in [0.1, 0.15) is 24.7 Å². The van der Waals surface area contributed by atoms with Crippen LogP contribution in [0.3, 0.4) is 0 Å². The first-order valence-electron chi connectivity index (χ1n) is 8.46. The van der Waals surface area contributed by atoms with E-state index in [1.807, 2.05) is 37.3 Å². The molecule has 0 unspecified atom stereocenters. The minimum absolute atomic E-state index is 0. The van der Waals surface area contributed by atoms with Gasteiger partial charge in [-0.1, -0.05) is 18.2 Å². The van der Waals surface area contributed by atoms with Crippen molar-refractivity contribution in [2.24, 2.45) is 4.99 Å². The SMILES string of the molecule is CCNC(=NCC(=O)Nc1ccc(O)cc1)NCCOc1ccccc1.I. The first kappa shape index (κ1) is 22.6. The lowest BCUT2D eigenvalue weighted by Crippen LogP contribution is -2.39. The van der Waals surface area contributed by atoms with E-state index in [9.17, 15) is 9.90 Å². The van der Waals surface area contributed by atoms with E-state index in [0.29, 0.717) is 31.3 Å². The van der Waals surface area contributed by atoms with Gasteiger partial charge in [0, 0.05) is 12.2 Å². The number of nitrogens with one attached hydrogen (secondary N) is 3. The number of rotatable bonds is 8. The van der Waals surface area contributed by atoms with Crippen LogP contribution >= 0.6 is 24.0 Å². The van der Waals surface area contributed by atoms with Crippen molar-refractivity contribution in [2.75, 3.05) is 31.6 Å². The summed E-state index contributed by atoms with van der Waals surface area (Å²) in [6, 6.07) is 15.8. The summed E-state index contributed by atoms with van der Waals surface area (Å²) in [5, 5.41) is 18.2. The van der Waals surface area contributed by atoms with Gasteiger partial charge in [-0.25, -0.2) is 4.99 Å². The topological polar surface area (TPSA) is 95.0 Å². The molecule has 27 heavy (non-hydrogen) atoms. The third-order valence-electron chi connectivity index (χ3n) is 3.28. The molecule has 0 aliphatic carbocycles. The molecule has 8 heteroatoms. The molecule has 2 aromatic rings. The first-order valence-corrected chi connectivity index (χ1v) is 8.46. The van der Waals surface area contributed by atoms with Gasteiger partial charge in [-0.2, -0.15) is 0 Å². The molecule has 2 rings (SSSR count). The summed E-state index contributed by atoms with van der Waals surface area (Å²) < 4.78 is 5.60. The van der Waals surface area contributed by atoms with Crippen molar-refractivity contribution in [1.82, 2.24) is 10.6 Å². The molecule has 0 aromatic heterocycles. The predicted octanol–water partition coefficient (Wildman–Crippen LogP) is 2.58. The lowest BCUT2D eigenvalue weighted by Gasteiger charge is -2.12. The monoisotopic (exact) mass is 484 g/mol. The van der Waals surface area contributed by atoms with Crippen LogP contribution in [0.5, 0.6) is 11.5 Å². The van der Waals surface area contributed by atoms with Crippen LogP contribution in [0.1, 0.15) is 6.92 Å². The number of para-hydroxylation sites is 1. The van der Waals surface area contributed by atoms with Gasteiger partial charge in [0.2, 0.25) is 5.91 Å². The van der Waals surface area contributed by atoms with Gasteiger partial charge in [-0.15, -0.1) is 24.0 Å². The molecule has 0 atom stereocenters. The second-order valence-corrected chi connectivity index (χ2v) is 5.38. The summed E-state index contributed by atoms with van der Waals surface area (Å²) >= 11 is 0. The number of anilines is 1. The van der Waals surface area contributed by atoms with Crippen molar-refractivity contribution in [3.8, 4) is 11.5 Å². The minimum Gasteiger partial charge on any atom is -0.508 e. The van der Waals surface area contributed by atoms with Gasteiger partial charge >= 0.3 is 0 Å². The molecule has 146 valence electrons. The van der Waals surface area contributed by atoms with E-state index in [1.54, 1.807) is 12.1 Å². The van der Waals surface area contributed by atoms with Crippen LogP contribution in [0, 0.1) is 0 Å². The van der Waals surface area contributed by atoms with Crippen molar-refractivity contribution in [3.63, 3.8) is 0 Å². The molecule has 0 spiro atoms. The highest BCUT2D eigenvalue weighted by molar-refractivity contribution is 14.0. The average Bonchev–Trinajstić information content (AvgIpc) is 2.66. The number of aliphatic imine (C=N–C) groups is 1. The highest BCUT2D eigenvalue weighted by Gasteiger charge is 2.03. The smallest absolute Gasteiger partial charge is 0.246 e. The number of nitrogens with zero attached hydrogens (tertiary/aromatic N) is 1. The van der Waals surface area contributed by atoms with E-state index in [1.165, 1.54) is 12.1 Å². The normalized spacial score (nSPS) is 10.5. The van der Waals surface area contributed by atoms with Gasteiger partial charge in [0.05, 0.1) is 6.54 Å². The van der Waals surface area contributed by atoms with Crippen molar-refractivity contribution < 1.29 is 14.6 Å². The van der Waals surface area contributed by atoms with Crippen LogP contribution in [-0.2, 0) is 4.79 Å². The minimum atomic E-state index is -0.242. The van der Waals surface area contributed by atoms with E-state index in [0.717, 1.165) is 5.75 Å². The summed E-state index contributed by atoms with van der Waals surface area (Å²) in [7, 11) is 0. The van der Waals surface area contributed by atoms with Crippen molar-refractivity contribution in [2.45, 2.75) is 6.92 Å². The number of phenols is 1. The molecule has 0 saturated heterocycles. The van der Waals surface area contributed by atoms with E-state index in [4.69, 9.17) is 4.74 Å². The van der Waals surface area contributed by atoms with Gasteiger partial charge in [0.15, 0.2) is 5.96 Å². The Labute approximate surface area is 176 Å². The van der Waals surface area contributed by atoms with Crippen LogP contribution in [0.4, 0.5) is 5.69 Å². The van der Waals surface area contributed by atoms with Crippen molar-refractivity contribution in [3.05, 3.63) is 54.6 Å². The maximum Gasteiger partial charge on any atom is 0.246 e. The highest BCUT2D eigenvalue weighted by Crippen LogP contribution is 2.13. The number of halogens is 1. The Kier molecular flexibility index (Phi) is 10.7. The predicted molar refractivity (Wildman–Crippen MR) is 118 cm³/mol. The molecule has 0 fully saturated rings. The Balaban J connectivity index is 0.00000364. The molecule has 0 aliphatic heterocycles. The summed E-state index contributed by atoms with van der Waals surface area (Å²) in [6.07, 6.45) is 0. The second kappa shape index (κ2) is 12.8. The maximum atomic E-state index is 12.0. The van der Waals surface area contributed by atoms with Crippen molar-refractivity contribution in [1.29, 1.82) is 0 Å². The number of amides is 1. The second-order valence-electron chi connectivity index (χ2n) is 5.38. The number of guanidine groups is 1. The van der Waals surface area contributed by atoms with Crippen molar-refractivity contribution >= 4 is 41.5 Å². The fourth-order valence-corrected chi connectivity index (χ4v) is 2.09. The van der Waals surface area contributed by atoms with Crippen LogP contribution in [0.2, 0.25) is 0 Å². The zero-order chi connectivity index (χ0) is 18.6. The van der Waals surface area contributed by atoms with E-state index in [-0.39, 0.29) is 42.2 Å². The molecule has 0 saturated carbocycles. The number of carbonyl (C=O) groups is 1. The molecule has 2 aromatic carbocycles. The van der Waals surface area contributed by atoms with E-state index >= 15 is 0 Å². The first-order chi connectivity index (χ1) is 12.7. The van der Waals surface area contributed by atoms with Gasteiger partial charge in [-0.05, 0) is 43.3 Å². The van der Waals surface area contributed by atoms with Crippen LogP contribution in [0.25, 0.3) is 0 Å². The van der Waals surface area contributed by atoms with Gasteiger partial charge in [-0.3, -0.25) is 4.79 Å². The Morgan fingerprint density at radius 1 is 1.07 bits per heavy atom. The average molecular weight is 484 g/mol. The quantitative estimate of drug-likeness (QED) is 0.152. The molecule has 7 nitrogen and oxygen atoms in total. The third-order valence-corrected chi connectivity index (χ3v) is 3.28. The summed E-state index contributed by atoms with van der Waals surface area (Å²) in [4.78, 5) is 16.2. The number of benzene rings is 2. The molecular formula is C19H25IN4O3. The maximum absolute atomic E-state index is 12.0. The fourth-order valence-electron chi connectivity index (χ4n) is 2.09. The molecule has 0 heterocycles. The van der Waals surface area contributed by atoms with Crippen LogP contribution in [-0.4, -0.2) is 43.2 Å². The number of ether oxygens (including phenoxy) is 1. The molecular weight excluding hydrogens is 459 g/mol. The third kappa shape index (κ3) is 9.13. The Morgan fingerprint density at radius 2 is 1.78 bits per heavy atom. The Hall–Kier alpha value is -2.49. The lowest BCUT2D eigenvalue weighted by atomic mass is 10.3. The molecule has 0 aliphatic rings. The molecule has 0 bridgehead atoms.